The molecule has 6 rings (SSSR count). The zero-order valence-corrected chi connectivity index (χ0v) is 19.3. The van der Waals surface area contributed by atoms with Crippen LogP contribution in [0.15, 0.2) is 64.1 Å². The first kappa shape index (κ1) is 19.9. The number of rotatable bonds is 4. The fourth-order valence-corrected chi connectivity index (χ4v) is 5.00. The molecule has 166 valence electrons. The molecular weight excluding hydrogens is 486 g/mol. The molecule has 1 unspecified atom stereocenters. The third-order valence-electron chi connectivity index (χ3n) is 6.24. The van der Waals surface area contributed by atoms with Gasteiger partial charge < -0.3 is 10.6 Å². The molecule has 1 aliphatic rings. The lowest BCUT2D eigenvalue weighted by Crippen LogP contribution is -2.53. The second kappa shape index (κ2) is 7.41. The van der Waals surface area contributed by atoms with E-state index in [-0.39, 0.29) is 23.5 Å². The van der Waals surface area contributed by atoms with Gasteiger partial charge in [-0.15, -0.1) is 0 Å². The molecule has 1 aliphatic heterocycles. The summed E-state index contributed by atoms with van der Waals surface area (Å²) >= 11 is 3.49. The molecule has 4 aromatic heterocycles. The molecule has 0 bridgehead atoms. The second-order valence-electron chi connectivity index (χ2n) is 8.11. The van der Waals surface area contributed by atoms with Crippen LogP contribution in [0.1, 0.15) is 25.1 Å². The van der Waals surface area contributed by atoms with Gasteiger partial charge in [-0.1, -0.05) is 25.1 Å². The predicted molar refractivity (Wildman–Crippen MR) is 128 cm³/mol. The molecule has 2 atom stereocenters. The summed E-state index contributed by atoms with van der Waals surface area (Å²) in [5, 5.41) is 9.24. The maximum Gasteiger partial charge on any atom is 0.283 e. The fourth-order valence-electron chi connectivity index (χ4n) is 4.53. The number of nitrogens with zero attached hydrogens (tertiary/aromatic N) is 8. The van der Waals surface area contributed by atoms with E-state index < -0.39 is 0 Å². The summed E-state index contributed by atoms with van der Waals surface area (Å²) in [5.74, 6) is 1.44. The Morgan fingerprint density at radius 3 is 2.73 bits per heavy atom. The molecule has 1 fully saturated rings. The second-order valence-corrected chi connectivity index (χ2v) is 8.97. The van der Waals surface area contributed by atoms with Crippen molar-refractivity contribution < 1.29 is 0 Å². The van der Waals surface area contributed by atoms with Crippen molar-refractivity contribution in [1.82, 2.24) is 33.8 Å². The molecular formula is C22H20BrN9O. The molecule has 2 N–H and O–H groups in total. The van der Waals surface area contributed by atoms with Crippen LogP contribution >= 0.6 is 15.9 Å². The lowest BCUT2D eigenvalue weighted by Gasteiger charge is -2.44. The first-order chi connectivity index (χ1) is 16.0. The SMILES string of the molecule is CC(c1nn2ccc(Br)c2c(=O)n1-c1ccccc1)[C@@H]1CCN1c1nc(N)nc2ccnn12. The highest BCUT2D eigenvalue weighted by Gasteiger charge is 2.38. The van der Waals surface area contributed by atoms with Crippen LogP contribution in [-0.4, -0.2) is 46.3 Å². The smallest absolute Gasteiger partial charge is 0.283 e. The summed E-state index contributed by atoms with van der Waals surface area (Å²) in [6.07, 6.45) is 4.40. The highest BCUT2D eigenvalue weighted by Crippen LogP contribution is 2.35. The Kier molecular flexibility index (Phi) is 4.47. The molecule has 10 nitrogen and oxygen atoms in total. The number of halogens is 1. The van der Waals surface area contributed by atoms with E-state index in [9.17, 15) is 4.79 Å². The lowest BCUT2D eigenvalue weighted by atomic mass is 9.90. The first-order valence-electron chi connectivity index (χ1n) is 10.6. The van der Waals surface area contributed by atoms with E-state index in [1.165, 1.54) is 0 Å². The fraction of sp³-hybridized carbons (Fsp3) is 0.227. The van der Waals surface area contributed by atoms with Crippen molar-refractivity contribution in [2.45, 2.75) is 25.3 Å². The molecule has 5 heterocycles. The van der Waals surface area contributed by atoms with Crippen LogP contribution in [0.4, 0.5) is 11.9 Å². The van der Waals surface area contributed by atoms with Crippen molar-refractivity contribution in [2.24, 2.45) is 0 Å². The summed E-state index contributed by atoms with van der Waals surface area (Å²) in [7, 11) is 0. The van der Waals surface area contributed by atoms with Gasteiger partial charge >= 0.3 is 0 Å². The Labute approximate surface area is 196 Å². The normalized spacial score (nSPS) is 16.9. The number of benzene rings is 1. The van der Waals surface area contributed by atoms with Crippen LogP contribution in [0.3, 0.4) is 0 Å². The Bertz CT molecular complexity index is 1560. The Balaban J connectivity index is 1.49. The highest BCUT2D eigenvalue weighted by atomic mass is 79.9. The molecule has 1 saturated heterocycles. The molecule has 0 radical (unpaired) electrons. The summed E-state index contributed by atoms with van der Waals surface area (Å²) < 4.78 is 5.76. The van der Waals surface area contributed by atoms with Crippen LogP contribution < -0.4 is 16.2 Å². The highest BCUT2D eigenvalue weighted by molar-refractivity contribution is 9.10. The van der Waals surface area contributed by atoms with Gasteiger partial charge in [0.25, 0.3) is 5.56 Å². The zero-order valence-electron chi connectivity index (χ0n) is 17.7. The van der Waals surface area contributed by atoms with Crippen molar-refractivity contribution >= 4 is 39.0 Å². The molecule has 11 heteroatoms. The molecule has 1 aromatic carbocycles. The van der Waals surface area contributed by atoms with Crippen LogP contribution in [0.5, 0.6) is 0 Å². The van der Waals surface area contributed by atoms with E-state index in [2.05, 4.69) is 42.8 Å². The summed E-state index contributed by atoms with van der Waals surface area (Å²) in [4.78, 5) is 24.5. The van der Waals surface area contributed by atoms with Gasteiger partial charge in [-0.05, 0) is 40.5 Å². The summed E-state index contributed by atoms with van der Waals surface area (Å²) in [6, 6.07) is 13.3. The minimum Gasteiger partial charge on any atom is -0.368 e. The zero-order chi connectivity index (χ0) is 22.7. The standard InChI is InChI=1S/C22H20BrN9O/c1-13(16-9-11-29(16)22-27-21(24)26-17-7-10-25-32(17)22)19-28-30-12-8-15(23)18(30)20(33)31(19)14-5-3-2-4-6-14/h2-8,10,12-13,16H,9,11H2,1H3,(H2,24,26)/t13?,16-/m0/s1. The largest absolute Gasteiger partial charge is 0.368 e. The van der Waals surface area contributed by atoms with Gasteiger partial charge in [0.05, 0.1) is 16.4 Å². The molecule has 33 heavy (non-hydrogen) atoms. The van der Waals surface area contributed by atoms with Crippen molar-refractivity contribution in [1.29, 1.82) is 0 Å². The quantitative estimate of drug-likeness (QED) is 0.399. The van der Waals surface area contributed by atoms with Crippen molar-refractivity contribution in [3.8, 4) is 5.69 Å². The topological polar surface area (TPSA) is 112 Å². The number of hydrogen-bond donors (Lipinski definition) is 1. The number of anilines is 2. The van der Waals surface area contributed by atoms with E-state index in [0.29, 0.717) is 27.4 Å². The molecule has 0 spiro atoms. The van der Waals surface area contributed by atoms with Crippen LogP contribution in [0.25, 0.3) is 16.9 Å². The maximum atomic E-state index is 13.6. The Hall–Kier alpha value is -3.73. The molecule has 0 saturated carbocycles. The third kappa shape index (κ3) is 3.03. The van der Waals surface area contributed by atoms with E-state index in [1.54, 1.807) is 32.1 Å². The minimum absolute atomic E-state index is 0.0602. The monoisotopic (exact) mass is 505 g/mol. The van der Waals surface area contributed by atoms with E-state index in [0.717, 1.165) is 18.7 Å². The maximum absolute atomic E-state index is 13.6. The van der Waals surface area contributed by atoms with Crippen LogP contribution in [0.2, 0.25) is 0 Å². The van der Waals surface area contributed by atoms with Gasteiger partial charge in [0.15, 0.2) is 5.65 Å². The average Bonchev–Trinajstić information content (AvgIpc) is 3.40. The number of nitrogen functional groups attached to an aromatic ring is 1. The molecule has 0 aliphatic carbocycles. The number of fused-ring (bicyclic) bond motifs is 2. The van der Waals surface area contributed by atoms with Crippen molar-refractivity contribution in [2.75, 3.05) is 17.2 Å². The van der Waals surface area contributed by atoms with Gasteiger partial charge in [0.2, 0.25) is 11.9 Å². The van der Waals surface area contributed by atoms with Gasteiger partial charge in [-0.2, -0.15) is 24.7 Å². The number of aromatic nitrogens is 7. The summed E-state index contributed by atoms with van der Waals surface area (Å²) in [5.41, 5.74) is 7.76. The van der Waals surface area contributed by atoms with Gasteiger partial charge in [-0.25, -0.2) is 4.52 Å². The summed E-state index contributed by atoms with van der Waals surface area (Å²) in [6.45, 7) is 2.89. The average molecular weight is 506 g/mol. The molecule has 0 amide bonds. The van der Waals surface area contributed by atoms with E-state index >= 15 is 0 Å². The lowest BCUT2D eigenvalue weighted by molar-refractivity contribution is 0.369. The minimum atomic E-state index is -0.124. The third-order valence-corrected chi connectivity index (χ3v) is 6.88. The Morgan fingerprint density at radius 1 is 1.15 bits per heavy atom. The van der Waals surface area contributed by atoms with Crippen molar-refractivity contribution in [3.63, 3.8) is 0 Å². The Morgan fingerprint density at radius 2 is 1.97 bits per heavy atom. The van der Waals surface area contributed by atoms with E-state index in [4.69, 9.17) is 10.8 Å². The predicted octanol–water partition coefficient (Wildman–Crippen LogP) is 2.65. The number of nitrogens with two attached hydrogens (primary N) is 1. The van der Waals surface area contributed by atoms with Gasteiger partial charge in [0, 0.05) is 30.8 Å². The van der Waals surface area contributed by atoms with Gasteiger partial charge in [0.1, 0.15) is 11.3 Å². The van der Waals surface area contributed by atoms with Crippen molar-refractivity contribution in [3.05, 3.63) is 75.5 Å². The van der Waals surface area contributed by atoms with Crippen LogP contribution in [-0.2, 0) is 0 Å². The first-order valence-corrected chi connectivity index (χ1v) is 11.4. The van der Waals surface area contributed by atoms with E-state index in [1.807, 2.05) is 36.4 Å². The van der Waals surface area contributed by atoms with Gasteiger partial charge in [-0.3, -0.25) is 9.36 Å². The van der Waals surface area contributed by atoms with Crippen LogP contribution in [0, 0.1) is 0 Å². The number of para-hydroxylation sites is 1. The number of hydrogen-bond acceptors (Lipinski definition) is 7. The molecule has 5 aromatic rings.